The number of aromatic nitrogens is 5. The second-order valence-electron chi connectivity index (χ2n) is 4.84. The highest BCUT2D eigenvalue weighted by molar-refractivity contribution is 9.10. The van der Waals surface area contributed by atoms with Crippen molar-refractivity contribution in [2.75, 3.05) is 0 Å². The molecule has 5 nitrogen and oxygen atoms in total. The first-order valence-electron chi connectivity index (χ1n) is 6.76. The van der Waals surface area contributed by atoms with Crippen molar-refractivity contribution >= 4 is 38.6 Å². The first kappa shape index (κ1) is 14.5. The first-order chi connectivity index (χ1) is 10.1. The highest BCUT2D eigenvalue weighted by Gasteiger charge is 2.17. The summed E-state index contributed by atoms with van der Waals surface area (Å²) in [7, 11) is 0. The molecule has 3 rings (SSSR count). The predicted molar refractivity (Wildman–Crippen MR) is 86.5 cm³/mol. The maximum atomic E-state index is 6.30. The molecule has 0 saturated heterocycles. The van der Waals surface area contributed by atoms with Crippen molar-refractivity contribution in [3.63, 3.8) is 0 Å². The average molecular weight is 369 g/mol. The van der Waals surface area contributed by atoms with Crippen LogP contribution in [0.1, 0.15) is 30.9 Å². The molecule has 0 spiro atoms. The van der Waals surface area contributed by atoms with Gasteiger partial charge in [-0.25, -0.2) is 4.98 Å². The lowest BCUT2D eigenvalue weighted by molar-refractivity contribution is 0.639. The Morgan fingerprint density at radius 3 is 2.90 bits per heavy atom. The molecule has 0 bridgehead atoms. The van der Waals surface area contributed by atoms with Crippen molar-refractivity contribution in [2.24, 2.45) is 0 Å². The molecule has 0 radical (unpaired) electrons. The predicted octanol–water partition coefficient (Wildman–Crippen LogP) is 3.76. The SMILES string of the molecule is CCn1cnnc1Cn1c(C(C)Cl)nc2ccc(Br)cc21. The Hall–Kier alpha value is -1.40. The van der Waals surface area contributed by atoms with Gasteiger partial charge in [0.15, 0.2) is 5.82 Å². The van der Waals surface area contributed by atoms with E-state index >= 15 is 0 Å². The van der Waals surface area contributed by atoms with E-state index in [1.165, 1.54) is 0 Å². The quantitative estimate of drug-likeness (QED) is 0.659. The van der Waals surface area contributed by atoms with Crippen LogP contribution in [0.25, 0.3) is 11.0 Å². The van der Waals surface area contributed by atoms with Crippen LogP contribution in [0.15, 0.2) is 29.0 Å². The molecule has 0 aliphatic heterocycles. The summed E-state index contributed by atoms with van der Waals surface area (Å²) < 4.78 is 5.14. The third kappa shape index (κ3) is 2.70. The third-order valence-corrected chi connectivity index (χ3v) is 4.12. The van der Waals surface area contributed by atoms with Gasteiger partial charge in [0.1, 0.15) is 12.2 Å². The van der Waals surface area contributed by atoms with Crippen molar-refractivity contribution in [3.05, 3.63) is 40.6 Å². The largest absolute Gasteiger partial charge is 0.319 e. The third-order valence-electron chi connectivity index (χ3n) is 3.43. The minimum atomic E-state index is -0.172. The van der Waals surface area contributed by atoms with Gasteiger partial charge < -0.3 is 9.13 Å². The first-order valence-corrected chi connectivity index (χ1v) is 7.99. The van der Waals surface area contributed by atoms with Gasteiger partial charge in [0.05, 0.1) is 23.0 Å². The van der Waals surface area contributed by atoms with E-state index in [1.54, 1.807) is 6.33 Å². The number of benzene rings is 1. The minimum Gasteiger partial charge on any atom is -0.319 e. The number of fused-ring (bicyclic) bond motifs is 1. The fourth-order valence-electron chi connectivity index (χ4n) is 2.39. The molecular formula is C14H15BrClN5. The Balaban J connectivity index is 2.15. The monoisotopic (exact) mass is 367 g/mol. The molecule has 21 heavy (non-hydrogen) atoms. The maximum Gasteiger partial charge on any atom is 0.152 e. The lowest BCUT2D eigenvalue weighted by Gasteiger charge is -2.10. The number of imidazole rings is 1. The van der Waals surface area contributed by atoms with Crippen LogP contribution >= 0.6 is 27.5 Å². The van der Waals surface area contributed by atoms with E-state index in [0.717, 1.165) is 33.7 Å². The summed E-state index contributed by atoms with van der Waals surface area (Å²) in [6.45, 7) is 5.44. The van der Waals surface area contributed by atoms with E-state index in [0.29, 0.717) is 6.54 Å². The lowest BCUT2D eigenvalue weighted by atomic mass is 10.3. The van der Waals surface area contributed by atoms with Crippen LogP contribution in [0.2, 0.25) is 0 Å². The zero-order chi connectivity index (χ0) is 15.0. The molecule has 1 unspecified atom stereocenters. The van der Waals surface area contributed by atoms with E-state index in [-0.39, 0.29) is 5.38 Å². The lowest BCUT2D eigenvalue weighted by Crippen LogP contribution is -2.11. The van der Waals surface area contributed by atoms with Crippen LogP contribution in [-0.2, 0) is 13.1 Å². The Morgan fingerprint density at radius 2 is 2.19 bits per heavy atom. The summed E-state index contributed by atoms with van der Waals surface area (Å²) in [4.78, 5) is 4.64. The topological polar surface area (TPSA) is 48.5 Å². The molecule has 1 atom stereocenters. The van der Waals surface area contributed by atoms with Crippen LogP contribution in [0.3, 0.4) is 0 Å². The molecule has 0 fully saturated rings. The number of hydrogen-bond acceptors (Lipinski definition) is 3. The van der Waals surface area contributed by atoms with Gasteiger partial charge in [-0.1, -0.05) is 15.9 Å². The van der Waals surface area contributed by atoms with E-state index in [1.807, 2.05) is 23.6 Å². The van der Waals surface area contributed by atoms with Crippen LogP contribution in [0.5, 0.6) is 0 Å². The van der Waals surface area contributed by atoms with Gasteiger partial charge >= 0.3 is 0 Å². The van der Waals surface area contributed by atoms with Crippen LogP contribution in [0.4, 0.5) is 0 Å². The molecule has 7 heteroatoms. The number of rotatable bonds is 4. The molecule has 0 aliphatic carbocycles. The Labute approximate surface area is 136 Å². The molecule has 0 amide bonds. The molecule has 3 aromatic rings. The average Bonchev–Trinajstić information content (AvgIpc) is 3.04. The van der Waals surface area contributed by atoms with Gasteiger partial charge in [-0.15, -0.1) is 21.8 Å². The van der Waals surface area contributed by atoms with E-state index < -0.39 is 0 Å². The Bertz CT molecular complexity index is 777. The van der Waals surface area contributed by atoms with Gasteiger partial charge in [-0.05, 0) is 32.0 Å². The molecule has 0 saturated carbocycles. The zero-order valence-electron chi connectivity index (χ0n) is 11.8. The van der Waals surface area contributed by atoms with Crippen molar-refractivity contribution in [3.8, 4) is 0 Å². The molecular weight excluding hydrogens is 354 g/mol. The van der Waals surface area contributed by atoms with E-state index in [2.05, 4.69) is 48.7 Å². The number of hydrogen-bond donors (Lipinski definition) is 0. The zero-order valence-corrected chi connectivity index (χ0v) is 14.1. The number of halogens is 2. The molecule has 0 N–H and O–H groups in total. The summed E-state index contributed by atoms with van der Waals surface area (Å²) in [5, 5.41) is 8.01. The van der Waals surface area contributed by atoms with Crippen molar-refractivity contribution in [1.29, 1.82) is 0 Å². The fraction of sp³-hybridized carbons (Fsp3) is 0.357. The molecule has 2 aromatic heterocycles. The normalized spacial score (nSPS) is 13.0. The number of aryl methyl sites for hydroxylation is 1. The maximum absolute atomic E-state index is 6.30. The highest BCUT2D eigenvalue weighted by atomic mass is 79.9. The summed E-state index contributed by atoms with van der Waals surface area (Å²) in [6.07, 6.45) is 1.74. The van der Waals surface area contributed by atoms with Gasteiger partial charge in [0.2, 0.25) is 0 Å². The summed E-state index contributed by atoms with van der Waals surface area (Å²) in [5.74, 6) is 1.74. The van der Waals surface area contributed by atoms with Gasteiger partial charge in [0, 0.05) is 11.0 Å². The van der Waals surface area contributed by atoms with Crippen LogP contribution in [-0.4, -0.2) is 24.3 Å². The Morgan fingerprint density at radius 1 is 1.38 bits per heavy atom. The molecule has 110 valence electrons. The highest BCUT2D eigenvalue weighted by Crippen LogP contribution is 2.27. The van der Waals surface area contributed by atoms with E-state index in [9.17, 15) is 0 Å². The van der Waals surface area contributed by atoms with Crippen LogP contribution in [0, 0.1) is 0 Å². The summed E-state index contributed by atoms with van der Waals surface area (Å²) in [6, 6.07) is 6.03. The summed E-state index contributed by atoms with van der Waals surface area (Å²) >= 11 is 9.81. The number of nitrogens with zero attached hydrogens (tertiary/aromatic N) is 5. The van der Waals surface area contributed by atoms with Gasteiger partial charge in [0.25, 0.3) is 0 Å². The van der Waals surface area contributed by atoms with Gasteiger partial charge in [-0.3, -0.25) is 0 Å². The van der Waals surface area contributed by atoms with Gasteiger partial charge in [-0.2, -0.15) is 0 Å². The molecule has 0 aliphatic rings. The molecule has 2 heterocycles. The molecule has 1 aromatic carbocycles. The van der Waals surface area contributed by atoms with Crippen molar-refractivity contribution < 1.29 is 0 Å². The smallest absolute Gasteiger partial charge is 0.152 e. The van der Waals surface area contributed by atoms with Crippen molar-refractivity contribution in [2.45, 2.75) is 32.3 Å². The minimum absolute atomic E-state index is 0.172. The fourth-order valence-corrected chi connectivity index (χ4v) is 2.91. The Kier molecular flexibility index (Phi) is 3.99. The van der Waals surface area contributed by atoms with E-state index in [4.69, 9.17) is 11.6 Å². The van der Waals surface area contributed by atoms with Crippen LogP contribution < -0.4 is 0 Å². The number of alkyl halides is 1. The second kappa shape index (κ2) is 5.77. The summed E-state index contributed by atoms with van der Waals surface area (Å²) in [5.41, 5.74) is 1.97. The van der Waals surface area contributed by atoms with Crippen molar-refractivity contribution in [1.82, 2.24) is 24.3 Å². The second-order valence-corrected chi connectivity index (χ2v) is 6.41. The standard InChI is InChI=1S/C14H15BrClN5/c1-3-20-8-17-19-13(20)7-21-12-6-10(15)4-5-11(12)18-14(21)9(2)16/h4-6,8-9H,3,7H2,1-2H3.